The summed E-state index contributed by atoms with van der Waals surface area (Å²) >= 11 is 0. The Kier molecular flexibility index (Phi) is 3.92. The number of hydrogen-bond donors (Lipinski definition) is 2. The Bertz CT molecular complexity index is 696. The third-order valence-corrected chi connectivity index (χ3v) is 4.00. The van der Waals surface area contributed by atoms with Crippen molar-refractivity contribution in [2.75, 3.05) is 0 Å². The highest BCUT2D eigenvalue weighted by atomic mass is 16.4. The lowest BCUT2D eigenvalue weighted by atomic mass is 10.1. The zero-order valence-electron chi connectivity index (χ0n) is 12.0. The van der Waals surface area contributed by atoms with E-state index in [1.165, 1.54) is 5.56 Å². The molecule has 2 aromatic carbocycles. The average Bonchev–Trinajstić information content (AvgIpc) is 3.34. The molecule has 1 amide bonds. The van der Waals surface area contributed by atoms with Crippen molar-refractivity contribution in [3.63, 3.8) is 0 Å². The summed E-state index contributed by atoms with van der Waals surface area (Å²) in [5.74, 6) is -0.578. The first kappa shape index (κ1) is 14.3. The number of rotatable bonds is 5. The maximum Gasteiger partial charge on any atom is 0.335 e. The quantitative estimate of drug-likeness (QED) is 0.891. The second kappa shape index (κ2) is 6.02. The van der Waals surface area contributed by atoms with E-state index in [9.17, 15) is 9.59 Å². The lowest BCUT2D eigenvalue weighted by Crippen LogP contribution is -2.25. The van der Waals surface area contributed by atoms with E-state index in [2.05, 4.69) is 5.32 Å². The molecule has 0 aliphatic heterocycles. The smallest absolute Gasteiger partial charge is 0.335 e. The van der Waals surface area contributed by atoms with Crippen LogP contribution in [0.25, 0.3) is 0 Å². The Balaban J connectivity index is 1.56. The van der Waals surface area contributed by atoms with Crippen molar-refractivity contribution >= 4 is 11.9 Å². The van der Waals surface area contributed by atoms with E-state index in [0.29, 0.717) is 12.5 Å². The van der Waals surface area contributed by atoms with Crippen LogP contribution < -0.4 is 5.32 Å². The van der Waals surface area contributed by atoms with Gasteiger partial charge in [0.1, 0.15) is 0 Å². The van der Waals surface area contributed by atoms with Gasteiger partial charge in [0.2, 0.25) is 5.91 Å². The van der Waals surface area contributed by atoms with E-state index < -0.39 is 5.97 Å². The number of benzene rings is 2. The van der Waals surface area contributed by atoms with Crippen LogP contribution >= 0.6 is 0 Å². The van der Waals surface area contributed by atoms with Gasteiger partial charge in [0.05, 0.1) is 5.56 Å². The summed E-state index contributed by atoms with van der Waals surface area (Å²) < 4.78 is 0. The van der Waals surface area contributed by atoms with Gasteiger partial charge in [-0.3, -0.25) is 4.79 Å². The Morgan fingerprint density at radius 2 is 1.86 bits per heavy atom. The van der Waals surface area contributed by atoms with Gasteiger partial charge < -0.3 is 10.4 Å². The van der Waals surface area contributed by atoms with Crippen LogP contribution in [0.3, 0.4) is 0 Å². The highest BCUT2D eigenvalue weighted by Gasteiger charge is 2.43. The molecule has 1 aliphatic carbocycles. The first-order valence-corrected chi connectivity index (χ1v) is 7.30. The van der Waals surface area contributed by atoms with E-state index in [1.54, 1.807) is 18.2 Å². The molecule has 2 N–H and O–H groups in total. The molecule has 0 unspecified atom stereocenters. The van der Waals surface area contributed by atoms with Crippen LogP contribution in [-0.2, 0) is 11.3 Å². The topological polar surface area (TPSA) is 66.4 Å². The van der Waals surface area contributed by atoms with Crippen LogP contribution in [0.2, 0.25) is 0 Å². The predicted octanol–water partition coefficient (Wildman–Crippen LogP) is 2.80. The van der Waals surface area contributed by atoms with E-state index in [0.717, 1.165) is 12.0 Å². The molecule has 3 rings (SSSR count). The number of aromatic carboxylic acids is 1. The maximum atomic E-state index is 12.2. The summed E-state index contributed by atoms with van der Waals surface area (Å²) in [4.78, 5) is 23.1. The van der Waals surface area contributed by atoms with E-state index in [1.807, 2.05) is 36.4 Å². The molecule has 1 aliphatic rings. The molecule has 0 bridgehead atoms. The van der Waals surface area contributed by atoms with Gasteiger partial charge in [-0.25, -0.2) is 4.79 Å². The highest BCUT2D eigenvalue weighted by molar-refractivity contribution is 5.87. The molecule has 2 aromatic rings. The number of nitrogens with one attached hydrogen (secondary N) is 1. The number of carbonyl (C=O) groups excluding carboxylic acids is 1. The second-order valence-electron chi connectivity index (χ2n) is 5.58. The standard InChI is InChI=1S/C18H17NO3/c20-17(16-10-15(16)13-6-2-1-3-7-13)19-11-12-5-4-8-14(9-12)18(21)22/h1-9,15-16H,10-11H2,(H,19,20)(H,21,22)/t15-,16+/m0/s1. The van der Waals surface area contributed by atoms with Crippen LogP contribution in [0, 0.1) is 5.92 Å². The highest BCUT2D eigenvalue weighted by Crippen LogP contribution is 2.47. The third-order valence-electron chi connectivity index (χ3n) is 4.00. The minimum atomic E-state index is -0.959. The van der Waals surface area contributed by atoms with Gasteiger partial charge in [0.15, 0.2) is 0 Å². The normalized spacial score (nSPS) is 19.5. The van der Waals surface area contributed by atoms with Crippen LogP contribution in [0.15, 0.2) is 54.6 Å². The van der Waals surface area contributed by atoms with E-state index >= 15 is 0 Å². The Labute approximate surface area is 128 Å². The summed E-state index contributed by atoms with van der Waals surface area (Å²) in [6.45, 7) is 0.359. The van der Waals surface area contributed by atoms with Gasteiger partial charge in [-0.1, -0.05) is 42.5 Å². The SMILES string of the molecule is O=C(O)c1cccc(CNC(=O)[C@@H]2C[C@H]2c2ccccc2)c1. The molecule has 1 saturated carbocycles. The molecule has 4 heteroatoms. The number of hydrogen-bond acceptors (Lipinski definition) is 2. The van der Waals surface area contributed by atoms with Gasteiger partial charge >= 0.3 is 5.97 Å². The van der Waals surface area contributed by atoms with Gasteiger partial charge in [-0.15, -0.1) is 0 Å². The minimum absolute atomic E-state index is 0.0325. The fourth-order valence-electron chi connectivity index (χ4n) is 2.69. The lowest BCUT2D eigenvalue weighted by Gasteiger charge is -2.06. The van der Waals surface area contributed by atoms with Crippen molar-refractivity contribution in [2.45, 2.75) is 18.9 Å². The van der Waals surface area contributed by atoms with Crippen LogP contribution in [0.4, 0.5) is 0 Å². The number of carboxylic acid groups (broad SMARTS) is 1. The monoisotopic (exact) mass is 295 g/mol. The van der Waals surface area contributed by atoms with E-state index in [4.69, 9.17) is 5.11 Å². The fraction of sp³-hybridized carbons (Fsp3) is 0.222. The van der Waals surface area contributed by atoms with Gasteiger partial charge in [0.25, 0.3) is 0 Å². The van der Waals surface area contributed by atoms with Crippen molar-refractivity contribution in [2.24, 2.45) is 5.92 Å². The first-order chi connectivity index (χ1) is 10.6. The van der Waals surface area contributed by atoms with Crippen molar-refractivity contribution < 1.29 is 14.7 Å². The molecule has 4 nitrogen and oxygen atoms in total. The van der Waals surface area contributed by atoms with Gasteiger partial charge in [-0.2, -0.15) is 0 Å². The molecule has 112 valence electrons. The van der Waals surface area contributed by atoms with Crippen molar-refractivity contribution in [1.82, 2.24) is 5.32 Å². The molecule has 22 heavy (non-hydrogen) atoms. The lowest BCUT2D eigenvalue weighted by molar-refractivity contribution is -0.122. The second-order valence-corrected chi connectivity index (χ2v) is 5.58. The summed E-state index contributed by atoms with van der Waals surface area (Å²) in [5, 5.41) is 11.9. The maximum absolute atomic E-state index is 12.2. The number of amides is 1. The predicted molar refractivity (Wildman–Crippen MR) is 82.5 cm³/mol. The Morgan fingerprint density at radius 1 is 1.09 bits per heavy atom. The van der Waals surface area contributed by atoms with Crippen molar-refractivity contribution in [3.8, 4) is 0 Å². The average molecular weight is 295 g/mol. The Morgan fingerprint density at radius 3 is 2.59 bits per heavy atom. The fourth-order valence-corrected chi connectivity index (χ4v) is 2.69. The van der Waals surface area contributed by atoms with Crippen molar-refractivity contribution in [3.05, 3.63) is 71.3 Å². The first-order valence-electron chi connectivity index (χ1n) is 7.30. The zero-order chi connectivity index (χ0) is 15.5. The van der Waals surface area contributed by atoms with Crippen LogP contribution in [0.5, 0.6) is 0 Å². The molecule has 0 saturated heterocycles. The van der Waals surface area contributed by atoms with Gasteiger partial charge in [0, 0.05) is 12.5 Å². The molecular formula is C18H17NO3. The van der Waals surface area contributed by atoms with E-state index in [-0.39, 0.29) is 17.4 Å². The molecule has 0 aromatic heterocycles. The molecule has 0 radical (unpaired) electrons. The third kappa shape index (κ3) is 3.17. The minimum Gasteiger partial charge on any atom is -0.478 e. The van der Waals surface area contributed by atoms with Crippen LogP contribution in [-0.4, -0.2) is 17.0 Å². The number of carboxylic acids is 1. The van der Waals surface area contributed by atoms with Crippen molar-refractivity contribution in [1.29, 1.82) is 0 Å². The summed E-state index contributed by atoms with van der Waals surface area (Å²) in [7, 11) is 0. The molecule has 0 spiro atoms. The summed E-state index contributed by atoms with van der Waals surface area (Å²) in [6, 6.07) is 16.7. The van der Waals surface area contributed by atoms with Crippen LogP contribution in [0.1, 0.15) is 33.8 Å². The number of carbonyl (C=O) groups is 2. The Hall–Kier alpha value is -2.62. The molecule has 2 atom stereocenters. The largest absolute Gasteiger partial charge is 0.478 e. The zero-order valence-corrected chi connectivity index (χ0v) is 12.0. The summed E-state index contributed by atoms with van der Waals surface area (Å²) in [5.41, 5.74) is 2.24. The molecule has 0 heterocycles. The molecule has 1 fully saturated rings. The van der Waals surface area contributed by atoms with Gasteiger partial charge in [-0.05, 0) is 35.6 Å². The molecular weight excluding hydrogens is 278 g/mol. The summed E-state index contributed by atoms with van der Waals surface area (Å²) in [6.07, 6.45) is 0.880.